The number of hydrogen-bond donors (Lipinski definition) is 1. The van der Waals surface area contributed by atoms with Crippen LogP contribution in [-0.2, 0) is 24.4 Å². The molecular formula is C30H26BrClN4O6. The topological polar surface area (TPSA) is 112 Å². The summed E-state index contributed by atoms with van der Waals surface area (Å²) in [5, 5.41) is 3.27. The lowest BCUT2D eigenvalue weighted by Gasteiger charge is -2.28. The van der Waals surface area contributed by atoms with Gasteiger partial charge in [-0.2, -0.15) is 0 Å². The number of benzene rings is 3. The molecule has 0 atom stereocenters. The second-order valence-corrected chi connectivity index (χ2v) is 10.8. The van der Waals surface area contributed by atoms with E-state index in [1.807, 2.05) is 0 Å². The van der Waals surface area contributed by atoms with E-state index in [-0.39, 0.29) is 37.8 Å². The van der Waals surface area contributed by atoms with Crippen LogP contribution in [0.25, 0.3) is 5.69 Å². The lowest BCUT2D eigenvalue weighted by molar-refractivity contribution is 0.0600. The Labute approximate surface area is 254 Å². The van der Waals surface area contributed by atoms with Crippen LogP contribution in [0.2, 0.25) is 5.02 Å². The predicted molar refractivity (Wildman–Crippen MR) is 159 cm³/mol. The third kappa shape index (κ3) is 5.70. The molecule has 0 saturated heterocycles. The Morgan fingerprint density at radius 2 is 1.74 bits per heavy atom. The number of hydrogen-bond acceptors (Lipinski definition) is 6. The highest BCUT2D eigenvalue weighted by Crippen LogP contribution is 2.26. The fraction of sp³-hybridized carbons (Fsp3) is 0.200. The van der Waals surface area contributed by atoms with E-state index < -0.39 is 17.6 Å². The highest BCUT2D eigenvalue weighted by Gasteiger charge is 2.32. The van der Waals surface area contributed by atoms with Crippen molar-refractivity contribution in [1.82, 2.24) is 19.4 Å². The summed E-state index contributed by atoms with van der Waals surface area (Å²) >= 11 is 9.56. The molecule has 42 heavy (non-hydrogen) atoms. The molecule has 0 spiro atoms. The van der Waals surface area contributed by atoms with Crippen molar-refractivity contribution < 1.29 is 23.9 Å². The van der Waals surface area contributed by atoms with Crippen molar-refractivity contribution in [2.45, 2.75) is 19.6 Å². The smallest absolute Gasteiger partial charge is 0.337 e. The Kier molecular flexibility index (Phi) is 8.51. The fourth-order valence-corrected chi connectivity index (χ4v) is 5.27. The molecule has 12 heteroatoms. The van der Waals surface area contributed by atoms with Crippen LogP contribution in [0.3, 0.4) is 0 Å². The maximum atomic E-state index is 13.8. The lowest BCUT2D eigenvalue weighted by atomic mass is 10.1. The van der Waals surface area contributed by atoms with Crippen LogP contribution in [0.5, 0.6) is 5.75 Å². The average Bonchev–Trinajstić information content (AvgIpc) is 3.31. The Morgan fingerprint density at radius 3 is 2.43 bits per heavy atom. The Balaban J connectivity index is 1.51. The Hall–Kier alpha value is -4.35. The fourth-order valence-electron chi connectivity index (χ4n) is 4.84. The summed E-state index contributed by atoms with van der Waals surface area (Å²) in [5.41, 5.74) is 2.00. The zero-order valence-corrected chi connectivity index (χ0v) is 25.1. The number of carbonyl (C=O) groups excluding carboxylic acids is 3. The van der Waals surface area contributed by atoms with Gasteiger partial charge in [0.25, 0.3) is 11.8 Å². The Bertz CT molecular complexity index is 1750. The van der Waals surface area contributed by atoms with Crippen molar-refractivity contribution in [2.75, 3.05) is 20.8 Å². The molecule has 3 aromatic carbocycles. The molecule has 1 N–H and O–H groups in total. The summed E-state index contributed by atoms with van der Waals surface area (Å²) in [6, 6.07) is 18.4. The summed E-state index contributed by atoms with van der Waals surface area (Å²) < 4.78 is 13.6. The van der Waals surface area contributed by atoms with Gasteiger partial charge in [0.1, 0.15) is 11.4 Å². The first kappa shape index (κ1) is 29.2. The Morgan fingerprint density at radius 1 is 0.976 bits per heavy atom. The number of esters is 1. The second kappa shape index (κ2) is 12.3. The molecule has 10 nitrogen and oxygen atoms in total. The number of nitrogens with zero attached hydrogens (tertiary/aromatic N) is 3. The van der Waals surface area contributed by atoms with E-state index in [0.29, 0.717) is 43.3 Å². The summed E-state index contributed by atoms with van der Waals surface area (Å²) in [5.74, 6) is -0.681. The number of ether oxygens (including phenoxy) is 2. The van der Waals surface area contributed by atoms with Gasteiger partial charge >= 0.3 is 11.7 Å². The van der Waals surface area contributed by atoms with E-state index in [1.165, 1.54) is 23.4 Å². The molecule has 0 saturated carbocycles. The third-order valence-electron chi connectivity index (χ3n) is 6.98. The standard InChI is InChI=1S/C30H26BrClN4O6/c1-41-22-9-7-21(8-10-22)36-26(27(37)33-16-18-4-3-5-20(14-18)29(39)42-2)25-17-34(12-13-35(25)30(36)40)28(38)19-6-11-23(31)24(32)15-19/h3-11,14-15H,12-13,16-17H2,1-2H3,(H,33,37). The van der Waals surface area contributed by atoms with Gasteiger partial charge in [-0.05, 0) is 76.1 Å². The van der Waals surface area contributed by atoms with E-state index in [9.17, 15) is 19.2 Å². The van der Waals surface area contributed by atoms with E-state index >= 15 is 0 Å². The normalized spacial score (nSPS) is 12.4. The summed E-state index contributed by atoms with van der Waals surface area (Å²) in [6.07, 6.45) is 0. The molecule has 2 heterocycles. The van der Waals surface area contributed by atoms with Gasteiger partial charge in [-0.15, -0.1) is 0 Å². The molecule has 5 rings (SSSR count). The molecular weight excluding hydrogens is 628 g/mol. The summed E-state index contributed by atoms with van der Waals surface area (Å²) in [6.45, 7) is 0.596. The quantitative estimate of drug-likeness (QED) is 0.296. The second-order valence-electron chi connectivity index (χ2n) is 9.49. The van der Waals surface area contributed by atoms with Gasteiger partial charge in [0.05, 0.1) is 42.7 Å². The van der Waals surface area contributed by atoms with Crippen LogP contribution >= 0.6 is 27.5 Å². The van der Waals surface area contributed by atoms with Crippen LogP contribution in [-0.4, -0.2) is 52.6 Å². The highest BCUT2D eigenvalue weighted by molar-refractivity contribution is 9.10. The van der Waals surface area contributed by atoms with Crippen molar-refractivity contribution in [3.8, 4) is 11.4 Å². The van der Waals surface area contributed by atoms with E-state index in [1.54, 1.807) is 71.6 Å². The number of methoxy groups -OCH3 is 2. The first-order valence-corrected chi connectivity index (χ1v) is 14.1. The van der Waals surface area contributed by atoms with Crippen molar-refractivity contribution in [3.63, 3.8) is 0 Å². The van der Waals surface area contributed by atoms with Gasteiger partial charge in [-0.3, -0.25) is 18.7 Å². The van der Waals surface area contributed by atoms with Crippen LogP contribution < -0.4 is 15.7 Å². The minimum Gasteiger partial charge on any atom is -0.497 e. The first-order chi connectivity index (χ1) is 20.2. The molecule has 2 amide bonds. The number of carbonyl (C=O) groups is 3. The van der Waals surface area contributed by atoms with Gasteiger partial charge < -0.3 is 19.7 Å². The predicted octanol–water partition coefficient (Wildman–Crippen LogP) is 4.44. The largest absolute Gasteiger partial charge is 0.497 e. The van der Waals surface area contributed by atoms with Crippen molar-refractivity contribution in [1.29, 1.82) is 0 Å². The van der Waals surface area contributed by atoms with Gasteiger partial charge in [0.2, 0.25) is 0 Å². The zero-order chi connectivity index (χ0) is 30.0. The van der Waals surface area contributed by atoms with E-state index in [0.717, 1.165) is 0 Å². The van der Waals surface area contributed by atoms with Gasteiger partial charge in [0.15, 0.2) is 0 Å². The van der Waals surface area contributed by atoms with E-state index in [2.05, 4.69) is 21.2 Å². The number of amides is 2. The van der Waals surface area contributed by atoms with Crippen LogP contribution in [0.1, 0.15) is 42.5 Å². The SMILES string of the molecule is COC(=O)c1cccc(CNC(=O)c2c3n(c(=O)n2-c2ccc(OC)cc2)CCN(C(=O)c2ccc(Br)c(Cl)c2)C3)c1. The minimum absolute atomic E-state index is 0.0332. The van der Waals surface area contributed by atoms with Crippen molar-refractivity contribution in [3.05, 3.63) is 115 Å². The lowest BCUT2D eigenvalue weighted by Crippen LogP contribution is -2.41. The first-order valence-electron chi connectivity index (χ1n) is 12.9. The minimum atomic E-state index is -0.513. The van der Waals surface area contributed by atoms with Crippen molar-refractivity contribution in [2.24, 2.45) is 0 Å². The molecule has 0 fully saturated rings. The number of aromatic nitrogens is 2. The van der Waals surface area contributed by atoms with Crippen LogP contribution in [0, 0.1) is 0 Å². The summed E-state index contributed by atoms with van der Waals surface area (Å²) in [7, 11) is 2.83. The maximum absolute atomic E-state index is 13.8. The molecule has 0 aliphatic carbocycles. The molecule has 0 unspecified atom stereocenters. The number of rotatable bonds is 7. The summed E-state index contributed by atoms with van der Waals surface area (Å²) in [4.78, 5) is 54.4. The monoisotopic (exact) mass is 652 g/mol. The van der Waals surface area contributed by atoms with E-state index in [4.69, 9.17) is 21.1 Å². The molecule has 0 radical (unpaired) electrons. The number of nitrogens with one attached hydrogen (secondary N) is 1. The van der Waals surface area contributed by atoms with Gasteiger partial charge in [0, 0.05) is 29.7 Å². The van der Waals surface area contributed by atoms with Gasteiger partial charge in [-0.1, -0.05) is 23.7 Å². The van der Waals surface area contributed by atoms with Crippen molar-refractivity contribution >= 4 is 45.3 Å². The number of fused-ring (bicyclic) bond motifs is 1. The molecule has 0 bridgehead atoms. The zero-order valence-electron chi connectivity index (χ0n) is 22.7. The average molecular weight is 654 g/mol. The van der Waals surface area contributed by atoms with Crippen LogP contribution in [0.15, 0.2) is 76.0 Å². The molecule has 1 aromatic heterocycles. The molecule has 216 valence electrons. The maximum Gasteiger partial charge on any atom is 0.337 e. The number of halogens is 2. The van der Waals surface area contributed by atoms with Crippen LogP contribution in [0.4, 0.5) is 0 Å². The molecule has 1 aliphatic rings. The molecule has 4 aromatic rings. The van der Waals surface area contributed by atoms with Gasteiger partial charge in [-0.25, -0.2) is 9.59 Å². The third-order valence-corrected chi connectivity index (χ3v) is 8.21. The number of imidazole rings is 1. The highest BCUT2D eigenvalue weighted by atomic mass is 79.9. The molecule has 1 aliphatic heterocycles.